The highest BCUT2D eigenvalue weighted by atomic mass is 32.1. The number of nitrogens with zero attached hydrogens (tertiary/aromatic N) is 1. The Morgan fingerprint density at radius 2 is 1.96 bits per heavy atom. The van der Waals surface area contributed by atoms with E-state index < -0.39 is 35.2 Å². The highest BCUT2D eigenvalue weighted by Crippen LogP contribution is 2.25. The van der Waals surface area contributed by atoms with Gasteiger partial charge in [0, 0.05) is 6.20 Å². The van der Waals surface area contributed by atoms with Gasteiger partial charge in [0.05, 0.1) is 4.88 Å². The molecule has 0 aromatic carbocycles. The second kappa shape index (κ2) is 7.02. The zero-order chi connectivity index (χ0) is 18.8. The number of carboxylic acids is 1. The predicted molar refractivity (Wildman–Crippen MR) is 92.2 cm³/mol. The van der Waals surface area contributed by atoms with Crippen LogP contribution in [0.15, 0.2) is 28.5 Å². The van der Waals surface area contributed by atoms with Crippen LogP contribution in [0, 0.1) is 0 Å². The summed E-state index contributed by atoms with van der Waals surface area (Å²) in [4.78, 5) is 46.9. The number of esters is 1. The van der Waals surface area contributed by atoms with E-state index in [9.17, 15) is 24.3 Å². The first-order chi connectivity index (χ1) is 11.6. The van der Waals surface area contributed by atoms with Gasteiger partial charge in [0.25, 0.3) is 5.56 Å². The first kappa shape index (κ1) is 18.6. The van der Waals surface area contributed by atoms with Gasteiger partial charge in [-0.15, -0.1) is 11.3 Å². The molecule has 132 valence electrons. The number of ether oxygens (including phenoxy) is 1. The third-order valence-electron chi connectivity index (χ3n) is 3.11. The highest BCUT2D eigenvalue weighted by molar-refractivity contribution is 7.12. The minimum atomic E-state index is -1.39. The monoisotopic (exact) mass is 363 g/mol. The van der Waals surface area contributed by atoms with E-state index >= 15 is 0 Å². The van der Waals surface area contributed by atoms with E-state index in [0.717, 1.165) is 4.57 Å². The van der Waals surface area contributed by atoms with Crippen LogP contribution in [0.5, 0.6) is 0 Å². The fraction of sp³-hybridized carbons (Fsp3) is 0.294. The van der Waals surface area contributed by atoms with Crippen molar-refractivity contribution in [3.05, 3.63) is 44.5 Å². The lowest BCUT2D eigenvalue weighted by atomic mass is 10.1. The van der Waals surface area contributed by atoms with Crippen LogP contribution < -0.4 is 5.56 Å². The number of pyridine rings is 1. The van der Waals surface area contributed by atoms with Gasteiger partial charge in [-0.1, -0.05) is 0 Å². The fourth-order valence-corrected chi connectivity index (χ4v) is 2.86. The van der Waals surface area contributed by atoms with E-state index in [4.69, 9.17) is 4.74 Å². The van der Waals surface area contributed by atoms with Gasteiger partial charge in [0.2, 0.25) is 0 Å². The Hall–Kier alpha value is -2.74. The SMILES string of the molecule is CC(C)(C)OC(=O)Cn1cc(-c2csc(C=O)c2)cc(C(=O)O)c1=O. The molecule has 0 atom stereocenters. The molecular weight excluding hydrogens is 346 g/mol. The van der Waals surface area contributed by atoms with Crippen LogP contribution >= 0.6 is 11.3 Å². The predicted octanol–water partition coefficient (Wildman–Crippen LogP) is 2.43. The van der Waals surface area contributed by atoms with Crippen LogP contribution in [-0.4, -0.2) is 33.5 Å². The van der Waals surface area contributed by atoms with Crippen molar-refractivity contribution in [3.8, 4) is 11.1 Å². The average Bonchev–Trinajstić information content (AvgIpc) is 2.96. The third-order valence-corrected chi connectivity index (χ3v) is 3.96. The van der Waals surface area contributed by atoms with Gasteiger partial charge in [0.1, 0.15) is 17.7 Å². The second-order valence-corrected chi connectivity index (χ2v) is 7.27. The Labute approximate surface area is 147 Å². The van der Waals surface area contributed by atoms with E-state index in [-0.39, 0.29) is 0 Å². The van der Waals surface area contributed by atoms with Gasteiger partial charge in [-0.3, -0.25) is 14.4 Å². The number of aldehydes is 1. The van der Waals surface area contributed by atoms with Gasteiger partial charge in [-0.2, -0.15) is 0 Å². The van der Waals surface area contributed by atoms with Crippen molar-refractivity contribution in [1.82, 2.24) is 4.57 Å². The topological polar surface area (TPSA) is 103 Å². The van der Waals surface area contributed by atoms with E-state index in [1.165, 1.54) is 23.6 Å². The lowest BCUT2D eigenvalue weighted by Crippen LogP contribution is -2.32. The van der Waals surface area contributed by atoms with Crippen LogP contribution in [-0.2, 0) is 16.1 Å². The summed E-state index contributed by atoms with van der Waals surface area (Å²) in [5, 5.41) is 10.9. The normalized spacial score (nSPS) is 11.2. The molecule has 0 aliphatic heterocycles. The number of aromatic nitrogens is 1. The molecule has 0 radical (unpaired) electrons. The number of carbonyl (C=O) groups is 3. The molecule has 0 spiro atoms. The number of hydrogen-bond acceptors (Lipinski definition) is 6. The first-order valence-corrected chi connectivity index (χ1v) is 8.22. The average molecular weight is 363 g/mol. The summed E-state index contributed by atoms with van der Waals surface area (Å²) in [5.41, 5.74) is -0.967. The Kier molecular flexibility index (Phi) is 5.22. The molecule has 2 heterocycles. The zero-order valence-electron chi connectivity index (χ0n) is 13.9. The van der Waals surface area contributed by atoms with Crippen molar-refractivity contribution >= 4 is 29.6 Å². The molecule has 0 bridgehead atoms. The number of carbonyl (C=O) groups excluding carboxylic acids is 2. The van der Waals surface area contributed by atoms with Crippen molar-refractivity contribution in [2.24, 2.45) is 0 Å². The van der Waals surface area contributed by atoms with Crippen LogP contribution in [0.3, 0.4) is 0 Å². The van der Waals surface area contributed by atoms with Crippen LogP contribution in [0.2, 0.25) is 0 Å². The molecule has 2 rings (SSSR count). The molecular formula is C17H17NO6S. The van der Waals surface area contributed by atoms with Gasteiger partial charge < -0.3 is 14.4 Å². The standard InChI is InChI=1S/C17H17NO6S/c1-17(2,3)24-14(20)7-18-6-10(5-13(15(18)21)16(22)23)11-4-12(8-19)25-9-11/h4-6,8-9H,7H2,1-3H3,(H,22,23). The fourth-order valence-electron chi connectivity index (χ4n) is 2.14. The summed E-state index contributed by atoms with van der Waals surface area (Å²) in [6.45, 7) is 4.67. The second-order valence-electron chi connectivity index (χ2n) is 6.32. The molecule has 0 aliphatic rings. The smallest absolute Gasteiger partial charge is 0.341 e. The lowest BCUT2D eigenvalue weighted by Gasteiger charge is -2.20. The van der Waals surface area contributed by atoms with Crippen molar-refractivity contribution < 1.29 is 24.2 Å². The summed E-state index contributed by atoms with van der Waals surface area (Å²) in [7, 11) is 0. The Morgan fingerprint density at radius 3 is 2.48 bits per heavy atom. The maximum absolute atomic E-state index is 12.3. The number of hydrogen-bond donors (Lipinski definition) is 1. The van der Waals surface area contributed by atoms with Crippen LogP contribution in [0.1, 0.15) is 40.8 Å². The molecule has 8 heteroatoms. The molecule has 0 unspecified atom stereocenters. The molecule has 2 aromatic rings. The highest BCUT2D eigenvalue weighted by Gasteiger charge is 2.20. The van der Waals surface area contributed by atoms with Crippen molar-refractivity contribution in [2.45, 2.75) is 32.9 Å². The van der Waals surface area contributed by atoms with E-state index in [0.29, 0.717) is 22.3 Å². The van der Waals surface area contributed by atoms with Gasteiger partial charge in [-0.25, -0.2) is 4.79 Å². The van der Waals surface area contributed by atoms with Crippen molar-refractivity contribution in [1.29, 1.82) is 0 Å². The summed E-state index contributed by atoms with van der Waals surface area (Å²) < 4.78 is 6.18. The minimum Gasteiger partial charge on any atom is -0.477 e. The number of aromatic carboxylic acids is 1. The Balaban J connectivity index is 2.48. The van der Waals surface area contributed by atoms with E-state index in [1.54, 1.807) is 32.2 Å². The number of thiophene rings is 1. The first-order valence-electron chi connectivity index (χ1n) is 7.34. The maximum atomic E-state index is 12.3. The summed E-state index contributed by atoms with van der Waals surface area (Å²) >= 11 is 1.20. The molecule has 25 heavy (non-hydrogen) atoms. The largest absolute Gasteiger partial charge is 0.477 e. The van der Waals surface area contributed by atoms with Crippen LogP contribution in [0.25, 0.3) is 11.1 Å². The van der Waals surface area contributed by atoms with Gasteiger partial charge in [-0.05, 0) is 49.4 Å². The molecule has 0 saturated carbocycles. The minimum absolute atomic E-state index is 0.408. The number of rotatable bonds is 5. The number of carboxylic acid groups (broad SMARTS) is 1. The van der Waals surface area contributed by atoms with Crippen LogP contribution in [0.4, 0.5) is 0 Å². The third kappa shape index (κ3) is 4.63. The maximum Gasteiger partial charge on any atom is 0.341 e. The van der Waals surface area contributed by atoms with Crippen molar-refractivity contribution in [3.63, 3.8) is 0 Å². The van der Waals surface area contributed by atoms with Gasteiger partial charge >= 0.3 is 11.9 Å². The molecule has 1 N–H and O–H groups in total. The van der Waals surface area contributed by atoms with E-state index in [2.05, 4.69) is 0 Å². The van der Waals surface area contributed by atoms with E-state index in [1.807, 2.05) is 0 Å². The Morgan fingerprint density at radius 1 is 1.28 bits per heavy atom. The van der Waals surface area contributed by atoms with Gasteiger partial charge in [0.15, 0.2) is 6.29 Å². The Bertz CT molecular complexity index is 887. The molecule has 0 saturated heterocycles. The zero-order valence-corrected chi connectivity index (χ0v) is 14.8. The summed E-state index contributed by atoms with van der Waals surface area (Å²) in [6.07, 6.45) is 2.07. The molecule has 7 nitrogen and oxygen atoms in total. The molecule has 2 aromatic heterocycles. The summed E-state index contributed by atoms with van der Waals surface area (Å²) in [5.74, 6) is -2.04. The molecule has 0 amide bonds. The van der Waals surface area contributed by atoms with Crippen molar-refractivity contribution in [2.75, 3.05) is 0 Å². The lowest BCUT2D eigenvalue weighted by molar-refractivity contribution is -0.155. The quantitative estimate of drug-likeness (QED) is 0.646. The molecule has 0 fully saturated rings. The summed E-state index contributed by atoms with van der Waals surface area (Å²) in [6, 6.07) is 2.81. The molecule has 0 aliphatic carbocycles.